The quantitative estimate of drug-likeness (QED) is 0.330. The molecule has 31 heavy (non-hydrogen) atoms. The van der Waals surface area contributed by atoms with Crippen molar-refractivity contribution in [1.29, 1.82) is 0 Å². The molecule has 0 amide bonds. The summed E-state index contributed by atoms with van der Waals surface area (Å²) < 4.78 is 16.4. The first-order valence-corrected chi connectivity index (χ1v) is 9.57. The van der Waals surface area contributed by atoms with E-state index in [1.807, 2.05) is 19.1 Å². The number of rotatable bonds is 7. The van der Waals surface area contributed by atoms with Gasteiger partial charge < -0.3 is 13.7 Å². The van der Waals surface area contributed by atoms with Crippen molar-refractivity contribution >= 4 is 22.9 Å². The lowest BCUT2D eigenvalue weighted by Gasteiger charge is -2.03. The van der Waals surface area contributed by atoms with Crippen LogP contribution < -0.4 is 5.76 Å². The molecule has 0 spiro atoms. The van der Waals surface area contributed by atoms with Gasteiger partial charge in [-0.25, -0.2) is 4.79 Å². The van der Waals surface area contributed by atoms with Crippen LogP contribution in [0.3, 0.4) is 0 Å². The van der Waals surface area contributed by atoms with E-state index in [4.69, 9.17) is 8.94 Å². The lowest BCUT2D eigenvalue weighted by atomic mass is 10.0. The Kier molecular flexibility index (Phi) is 5.48. The predicted octanol–water partition coefficient (Wildman–Crippen LogP) is 2.67. The van der Waals surface area contributed by atoms with Gasteiger partial charge in [-0.15, -0.1) is 0 Å². The average molecular weight is 421 g/mol. The molecule has 0 aliphatic carbocycles. The highest BCUT2D eigenvalue weighted by Crippen LogP contribution is 2.19. The van der Waals surface area contributed by atoms with Gasteiger partial charge in [-0.1, -0.05) is 35.0 Å². The number of aromatic nitrogens is 3. The molecule has 0 fully saturated rings. The molecular formula is C22H19N3O6. The van der Waals surface area contributed by atoms with Gasteiger partial charge >= 0.3 is 11.7 Å². The normalized spacial score (nSPS) is 11.0. The van der Waals surface area contributed by atoms with E-state index >= 15 is 0 Å². The Balaban J connectivity index is 1.56. The van der Waals surface area contributed by atoms with Gasteiger partial charge in [0.15, 0.2) is 17.2 Å². The Hall–Kier alpha value is -4.01. The second kappa shape index (κ2) is 8.39. The van der Waals surface area contributed by atoms with Crippen molar-refractivity contribution in [3.63, 3.8) is 0 Å². The van der Waals surface area contributed by atoms with Crippen molar-refractivity contribution in [2.45, 2.75) is 26.3 Å². The molecule has 0 aliphatic heterocycles. The summed E-state index contributed by atoms with van der Waals surface area (Å²) in [5.74, 6) is -0.606. The number of esters is 1. The number of ether oxygens (including phenoxy) is 1. The van der Waals surface area contributed by atoms with Gasteiger partial charge in [-0.2, -0.15) is 4.98 Å². The molecule has 0 bridgehead atoms. The molecule has 4 rings (SSSR count). The number of hydrogen-bond acceptors (Lipinski definition) is 8. The molecule has 2 heterocycles. The zero-order valence-corrected chi connectivity index (χ0v) is 17.0. The summed E-state index contributed by atoms with van der Waals surface area (Å²) in [7, 11) is 1.30. The highest BCUT2D eigenvalue weighted by molar-refractivity contribution is 6.10. The zero-order valence-electron chi connectivity index (χ0n) is 17.0. The van der Waals surface area contributed by atoms with Crippen LogP contribution in [-0.4, -0.2) is 33.6 Å². The summed E-state index contributed by atoms with van der Waals surface area (Å²) in [6, 6.07) is 12.1. The number of nitrogens with zero attached hydrogens (tertiary/aromatic N) is 3. The van der Waals surface area contributed by atoms with Gasteiger partial charge in [0.1, 0.15) is 0 Å². The van der Waals surface area contributed by atoms with E-state index in [0.29, 0.717) is 16.6 Å². The number of methoxy groups -OCH3 is 1. The van der Waals surface area contributed by atoms with Crippen molar-refractivity contribution < 1.29 is 23.3 Å². The van der Waals surface area contributed by atoms with Crippen molar-refractivity contribution in [2.75, 3.05) is 7.11 Å². The molecule has 2 aromatic heterocycles. The Labute approximate surface area is 176 Å². The minimum absolute atomic E-state index is 0.0266. The number of fused-ring (bicyclic) bond motifs is 1. The monoisotopic (exact) mass is 421 g/mol. The van der Waals surface area contributed by atoms with Crippen molar-refractivity contribution in [3.05, 3.63) is 81.4 Å². The lowest BCUT2D eigenvalue weighted by molar-refractivity contribution is -0.140. The standard InChI is InChI=1S/C22H19N3O6/c1-13-3-5-14(6-4-13)21(27)15-7-8-16-17(11-15)30-22(28)25(16)12-18-23-19(31-24-18)9-10-20(26)29-2/h3-8,11H,9-10,12H2,1-2H3. The third kappa shape index (κ3) is 4.30. The first-order chi connectivity index (χ1) is 14.9. The lowest BCUT2D eigenvalue weighted by Crippen LogP contribution is -2.15. The van der Waals surface area contributed by atoms with Crippen LogP contribution in [0.5, 0.6) is 0 Å². The van der Waals surface area contributed by atoms with E-state index < -0.39 is 5.76 Å². The molecule has 0 N–H and O–H groups in total. The van der Waals surface area contributed by atoms with Crippen LogP contribution in [0.2, 0.25) is 0 Å². The molecule has 4 aromatic rings. The van der Waals surface area contributed by atoms with Crippen LogP contribution in [0, 0.1) is 6.92 Å². The molecule has 9 heteroatoms. The number of ketones is 1. The number of carbonyl (C=O) groups is 2. The fourth-order valence-electron chi connectivity index (χ4n) is 3.14. The van der Waals surface area contributed by atoms with Gasteiger partial charge in [0, 0.05) is 17.5 Å². The van der Waals surface area contributed by atoms with Crippen LogP contribution in [0.15, 0.2) is 56.2 Å². The fourth-order valence-corrected chi connectivity index (χ4v) is 3.14. The van der Waals surface area contributed by atoms with Crippen molar-refractivity contribution in [1.82, 2.24) is 14.7 Å². The maximum atomic E-state index is 12.7. The highest BCUT2D eigenvalue weighted by Gasteiger charge is 2.17. The van der Waals surface area contributed by atoms with Gasteiger partial charge in [-0.05, 0) is 25.1 Å². The van der Waals surface area contributed by atoms with Crippen LogP contribution in [0.1, 0.15) is 39.6 Å². The number of aryl methyl sites for hydroxylation is 2. The largest absolute Gasteiger partial charge is 0.469 e. The molecule has 9 nitrogen and oxygen atoms in total. The van der Waals surface area contributed by atoms with Crippen LogP contribution >= 0.6 is 0 Å². The average Bonchev–Trinajstić information content (AvgIpc) is 3.35. The van der Waals surface area contributed by atoms with Crippen molar-refractivity contribution in [2.24, 2.45) is 0 Å². The highest BCUT2D eigenvalue weighted by atomic mass is 16.5. The third-order valence-corrected chi connectivity index (χ3v) is 4.82. The molecule has 158 valence electrons. The summed E-state index contributed by atoms with van der Waals surface area (Å²) in [6.45, 7) is 1.97. The van der Waals surface area contributed by atoms with Crippen LogP contribution in [0.4, 0.5) is 0 Å². The summed E-state index contributed by atoms with van der Waals surface area (Å²) >= 11 is 0. The second-order valence-electron chi connectivity index (χ2n) is 7.01. The maximum absolute atomic E-state index is 12.7. The summed E-state index contributed by atoms with van der Waals surface area (Å²) in [5, 5.41) is 3.84. The van der Waals surface area contributed by atoms with E-state index in [1.165, 1.54) is 11.7 Å². The number of hydrogen-bond donors (Lipinski definition) is 0. The van der Waals surface area contributed by atoms with Gasteiger partial charge in [0.2, 0.25) is 5.89 Å². The SMILES string of the molecule is COC(=O)CCc1nc(Cn2c(=O)oc3cc(C(=O)c4ccc(C)cc4)ccc32)no1. The van der Waals surface area contributed by atoms with Crippen LogP contribution in [0.25, 0.3) is 11.1 Å². The number of carbonyl (C=O) groups excluding carboxylic acids is 2. The fraction of sp³-hybridized carbons (Fsp3) is 0.227. The Morgan fingerprint density at radius 2 is 1.84 bits per heavy atom. The van der Waals surface area contributed by atoms with E-state index in [2.05, 4.69) is 14.9 Å². The Morgan fingerprint density at radius 1 is 1.10 bits per heavy atom. The first-order valence-electron chi connectivity index (χ1n) is 9.57. The molecule has 0 atom stereocenters. The van der Waals surface area contributed by atoms with Gasteiger partial charge in [0.25, 0.3) is 0 Å². The molecule has 0 unspecified atom stereocenters. The molecule has 0 radical (unpaired) electrons. The number of benzene rings is 2. The van der Waals surface area contributed by atoms with Gasteiger partial charge in [-0.3, -0.25) is 14.2 Å². The molecule has 0 aliphatic rings. The summed E-state index contributed by atoms with van der Waals surface area (Å²) in [4.78, 5) is 40.5. The molecule has 0 saturated heterocycles. The smallest absolute Gasteiger partial charge is 0.420 e. The van der Waals surface area contributed by atoms with Crippen LogP contribution in [-0.2, 0) is 22.5 Å². The van der Waals surface area contributed by atoms with E-state index in [1.54, 1.807) is 30.3 Å². The zero-order chi connectivity index (χ0) is 22.0. The first kappa shape index (κ1) is 20.3. The molecule has 0 saturated carbocycles. The Bertz CT molecular complexity index is 1310. The van der Waals surface area contributed by atoms with Crippen molar-refractivity contribution in [3.8, 4) is 0 Å². The maximum Gasteiger partial charge on any atom is 0.420 e. The topological polar surface area (TPSA) is 117 Å². The minimum Gasteiger partial charge on any atom is -0.469 e. The number of oxazole rings is 1. The summed E-state index contributed by atoms with van der Waals surface area (Å²) in [5.41, 5.74) is 2.83. The molecule has 2 aromatic carbocycles. The Morgan fingerprint density at radius 3 is 2.58 bits per heavy atom. The molecular weight excluding hydrogens is 402 g/mol. The second-order valence-corrected chi connectivity index (χ2v) is 7.01. The summed E-state index contributed by atoms with van der Waals surface area (Å²) in [6.07, 6.45) is 0.357. The van der Waals surface area contributed by atoms with E-state index in [0.717, 1.165) is 5.56 Å². The minimum atomic E-state index is -0.601. The van der Waals surface area contributed by atoms with E-state index in [-0.39, 0.29) is 48.4 Å². The third-order valence-electron chi connectivity index (χ3n) is 4.82. The predicted molar refractivity (Wildman–Crippen MR) is 109 cm³/mol. The van der Waals surface area contributed by atoms with Gasteiger partial charge in [0.05, 0.1) is 25.6 Å². The van der Waals surface area contributed by atoms with E-state index in [9.17, 15) is 14.4 Å².